The minimum absolute atomic E-state index is 0.157. The number of carbonyl (C=O) groups is 2. The van der Waals surface area contributed by atoms with Crippen LogP contribution in [-0.2, 0) is 4.79 Å². The summed E-state index contributed by atoms with van der Waals surface area (Å²) in [6.45, 7) is 0. The van der Waals surface area contributed by atoms with Crippen LogP contribution in [0.25, 0.3) is 22.1 Å². The molecule has 116 valence electrons. The molecular weight excluding hydrogens is 304 g/mol. The zero-order chi connectivity index (χ0) is 16.8. The van der Waals surface area contributed by atoms with Gasteiger partial charge in [-0.2, -0.15) is 0 Å². The monoisotopic (exact) mass is 316 g/mol. The molecule has 0 amide bonds. The number of hydrogen-bond acceptors (Lipinski definition) is 4. The van der Waals surface area contributed by atoms with E-state index in [-0.39, 0.29) is 28.2 Å². The summed E-state index contributed by atoms with van der Waals surface area (Å²) in [7, 11) is 0. The highest BCUT2D eigenvalue weighted by atomic mass is 16.3. The number of carbonyl (C=O) groups excluding carboxylic acids is 2. The van der Waals surface area contributed by atoms with Crippen LogP contribution in [0.2, 0.25) is 0 Å². The third kappa shape index (κ3) is 1.86. The summed E-state index contributed by atoms with van der Waals surface area (Å²) < 4.78 is 0. The number of ketones is 2. The first-order valence-corrected chi connectivity index (χ1v) is 7.42. The molecule has 24 heavy (non-hydrogen) atoms. The first-order valence-electron chi connectivity index (χ1n) is 7.42. The lowest BCUT2D eigenvalue weighted by Gasteiger charge is -2.19. The molecule has 0 heterocycles. The van der Waals surface area contributed by atoms with E-state index in [0.29, 0.717) is 10.9 Å². The Balaban J connectivity index is 2.12. The number of aliphatic hydroxyl groups is 1. The molecule has 4 rings (SSSR count). The van der Waals surface area contributed by atoms with Gasteiger partial charge in [0, 0.05) is 16.7 Å². The van der Waals surface area contributed by atoms with Gasteiger partial charge in [0.2, 0.25) is 11.6 Å². The van der Waals surface area contributed by atoms with Crippen LogP contribution in [-0.4, -0.2) is 21.8 Å². The van der Waals surface area contributed by atoms with Crippen molar-refractivity contribution in [1.82, 2.24) is 0 Å². The van der Waals surface area contributed by atoms with Crippen LogP contribution in [0.4, 0.5) is 0 Å². The fourth-order valence-electron chi connectivity index (χ4n) is 3.12. The van der Waals surface area contributed by atoms with Crippen molar-refractivity contribution >= 4 is 33.7 Å². The number of aromatic hydroxyl groups is 1. The summed E-state index contributed by atoms with van der Waals surface area (Å²) in [5, 5.41) is 22.4. The summed E-state index contributed by atoms with van der Waals surface area (Å²) in [5.74, 6) is -1.96. The van der Waals surface area contributed by atoms with Gasteiger partial charge < -0.3 is 10.2 Å². The van der Waals surface area contributed by atoms with Crippen LogP contribution >= 0.6 is 0 Å². The topological polar surface area (TPSA) is 74.6 Å². The van der Waals surface area contributed by atoms with Gasteiger partial charge in [-0.25, -0.2) is 0 Å². The molecule has 0 unspecified atom stereocenters. The quantitative estimate of drug-likeness (QED) is 0.671. The van der Waals surface area contributed by atoms with Gasteiger partial charge in [-0.3, -0.25) is 9.59 Å². The molecule has 0 aliphatic heterocycles. The molecule has 0 fully saturated rings. The van der Waals surface area contributed by atoms with Gasteiger partial charge in [0.1, 0.15) is 11.5 Å². The van der Waals surface area contributed by atoms with Crippen molar-refractivity contribution in [2.75, 3.05) is 0 Å². The standard InChI is InChI=1S/C20H12O4/c21-15-10-9-11-5-1-2-6-12(11)16(15)17-18(22)13-7-3-4-8-14(13)19(23)20(17)24/h1-10,21-22H. The smallest absolute Gasteiger partial charge is 0.238 e. The van der Waals surface area contributed by atoms with E-state index in [2.05, 4.69) is 0 Å². The van der Waals surface area contributed by atoms with E-state index in [1.165, 1.54) is 12.1 Å². The Morgan fingerprint density at radius 3 is 2.12 bits per heavy atom. The molecule has 0 bridgehead atoms. The largest absolute Gasteiger partial charge is 0.507 e. The maximum atomic E-state index is 12.6. The second kappa shape index (κ2) is 5.06. The van der Waals surface area contributed by atoms with Gasteiger partial charge in [0.05, 0.1) is 5.57 Å². The summed E-state index contributed by atoms with van der Waals surface area (Å²) >= 11 is 0. The van der Waals surface area contributed by atoms with Crippen LogP contribution in [0.5, 0.6) is 5.75 Å². The predicted molar refractivity (Wildman–Crippen MR) is 90.8 cm³/mol. The zero-order valence-corrected chi connectivity index (χ0v) is 12.5. The van der Waals surface area contributed by atoms with Crippen LogP contribution in [0, 0.1) is 0 Å². The molecule has 4 heteroatoms. The molecule has 3 aromatic carbocycles. The second-order valence-corrected chi connectivity index (χ2v) is 5.61. The number of hydrogen-bond donors (Lipinski definition) is 2. The number of aliphatic hydroxyl groups excluding tert-OH is 1. The number of phenols is 1. The minimum Gasteiger partial charge on any atom is -0.507 e. The molecule has 0 spiro atoms. The maximum absolute atomic E-state index is 12.6. The average molecular weight is 316 g/mol. The van der Waals surface area contributed by atoms with E-state index in [9.17, 15) is 19.8 Å². The molecule has 4 nitrogen and oxygen atoms in total. The van der Waals surface area contributed by atoms with Crippen LogP contribution < -0.4 is 0 Å². The molecular formula is C20H12O4. The highest BCUT2D eigenvalue weighted by Gasteiger charge is 2.35. The Hall–Kier alpha value is -3.40. The highest BCUT2D eigenvalue weighted by Crippen LogP contribution is 2.40. The van der Waals surface area contributed by atoms with Gasteiger partial charge in [-0.05, 0) is 16.8 Å². The van der Waals surface area contributed by atoms with Crippen molar-refractivity contribution in [1.29, 1.82) is 0 Å². The Morgan fingerprint density at radius 2 is 1.33 bits per heavy atom. The summed E-state index contributed by atoms with van der Waals surface area (Å²) in [6.07, 6.45) is 0. The SMILES string of the molecule is O=C1C(=O)c2ccccc2C(O)=C1c1c(O)ccc2ccccc12. The van der Waals surface area contributed by atoms with Crippen molar-refractivity contribution in [3.63, 3.8) is 0 Å². The fraction of sp³-hybridized carbons (Fsp3) is 0. The van der Waals surface area contributed by atoms with Gasteiger partial charge in [0.25, 0.3) is 0 Å². The maximum Gasteiger partial charge on any atom is 0.238 e. The Labute approximate surface area is 137 Å². The minimum atomic E-state index is -0.821. The van der Waals surface area contributed by atoms with E-state index in [1.54, 1.807) is 36.4 Å². The molecule has 1 aliphatic carbocycles. The third-order valence-electron chi connectivity index (χ3n) is 4.25. The number of allylic oxidation sites excluding steroid dienone is 1. The average Bonchev–Trinajstić information content (AvgIpc) is 2.61. The predicted octanol–water partition coefficient (Wildman–Crippen LogP) is 3.74. The van der Waals surface area contributed by atoms with E-state index < -0.39 is 11.6 Å². The summed E-state index contributed by atoms with van der Waals surface area (Å²) in [6, 6.07) is 16.7. The lowest BCUT2D eigenvalue weighted by atomic mass is 9.83. The molecule has 0 aromatic heterocycles. The lowest BCUT2D eigenvalue weighted by Crippen LogP contribution is -2.23. The van der Waals surface area contributed by atoms with Crippen LogP contribution in [0.1, 0.15) is 21.5 Å². The normalized spacial score (nSPS) is 14.2. The van der Waals surface area contributed by atoms with Crippen molar-refractivity contribution in [2.24, 2.45) is 0 Å². The molecule has 3 aromatic rings. The van der Waals surface area contributed by atoms with Crippen LogP contribution in [0.3, 0.4) is 0 Å². The Morgan fingerprint density at radius 1 is 0.667 bits per heavy atom. The number of phenolic OH excluding ortho intramolecular Hbond substituents is 1. The van der Waals surface area contributed by atoms with Gasteiger partial charge >= 0.3 is 0 Å². The summed E-state index contributed by atoms with van der Waals surface area (Å²) in [4.78, 5) is 25.0. The van der Waals surface area contributed by atoms with Crippen molar-refractivity contribution in [3.8, 4) is 5.75 Å². The van der Waals surface area contributed by atoms with E-state index in [4.69, 9.17) is 0 Å². The molecule has 2 N–H and O–H groups in total. The van der Waals surface area contributed by atoms with Crippen molar-refractivity contribution < 1.29 is 19.8 Å². The number of benzene rings is 3. The van der Waals surface area contributed by atoms with Crippen LogP contribution in [0.15, 0.2) is 60.7 Å². The van der Waals surface area contributed by atoms with Gasteiger partial charge in [-0.15, -0.1) is 0 Å². The lowest BCUT2D eigenvalue weighted by molar-refractivity contribution is -0.110. The van der Waals surface area contributed by atoms with Gasteiger partial charge in [0.15, 0.2) is 0 Å². The first kappa shape index (κ1) is 14.2. The highest BCUT2D eigenvalue weighted by molar-refractivity contribution is 6.62. The van der Waals surface area contributed by atoms with E-state index in [0.717, 1.165) is 5.39 Å². The molecule has 0 saturated heterocycles. The summed E-state index contributed by atoms with van der Waals surface area (Å²) in [5.41, 5.74) is 0.486. The number of Topliss-reactive ketones (excluding diaryl/α,β-unsaturated/α-hetero) is 2. The fourth-order valence-corrected chi connectivity index (χ4v) is 3.12. The van der Waals surface area contributed by atoms with E-state index in [1.807, 2.05) is 12.1 Å². The molecule has 0 saturated carbocycles. The van der Waals surface area contributed by atoms with Crippen molar-refractivity contribution in [2.45, 2.75) is 0 Å². The van der Waals surface area contributed by atoms with Crippen molar-refractivity contribution in [3.05, 3.63) is 77.4 Å². The molecule has 0 radical (unpaired) electrons. The zero-order valence-electron chi connectivity index (χ0n) is 12.5. The first-order chi connectivity index (χ1) is 11.6. The van der Waals surface area contributed by atoms with E-state index >= 15 is 0 Å². The Kier molecular flexibility index (Phi) is 3.00. The molecule has 0 atom stereocenters. The second-order valence-electron chi connectivity index (χ2n) is 5.61. The Bertz CT molecular complexity index is 1060. The van der Waals surface area contributed by atoms with Gasteiger partial charge in [-0.1, -0.05) is 54.6 Å². The number of fused-ring (bicyclic) bond motifs is 2. The molecule has 1 aliphatic rings. The third-order valence-corrected chi connectivity index (χ3v) is 4.25. The number of rotatable bonds is 1.